The van der Waals surface area contributed by atoms with Crippen molar-refractivity contribution in [1.82, 2.24) is 0 Å². The lowest BCUT2D eigenvalue weighted by Gasteiger charge is -2.49. The summed E-state index contributed by atoms with van der Waals surface area (Å²) in [7, 11) is 0. The summed E-state index contributed by atoms with van der Waals surface area (Å²) in [6, 6.07) is 0. The van der Waals surface area contributed by atoms with Gasteiger partial charge in [0, 0.05) is 11.8 Å². The fourth-order valence-corrected chi connectivity index (χ4v) is 6.44. The minimum absolute atomic E-state index is 0.112. The smallest absolute Gasteiger partial charge is 0.161 e. The van der Waals surface area contributed by atoms with Crippen molar-refractivity contribution in [3.63, 3.8) is 0 Å². The standard InChI is InChI=1S/C25H40O4/c1-15-7-17(3)21(18(4)8-15)23-26-11-25(12-27-23)13-28-24(29-14-25)22-19(5)9-16(2)10-20(22)6/h7,9,17-24H,8,10-14H2,1-6H3. The lowest BCUT2D eigenvalue weighted by atomic mass is 9.74. The lowest BCUT2D eigenvalue weighted by molar-refractivity contribution is -0.327. The fraction of sp³-hybridized carbons (Fsp3) is 0.840. The molecule has 4 heteroatoms. The van der Waals surface area contributed by atoms with Gasteiger partial charge >= 0.3 is 0 Å². The molecule has 2 aliphatic carbocycles. The van der Waals surface area contributed by atoms with Gasteiger partial charge in [-0.15, -0.1) is 0 Å². The molecule has 0 saturated carbocycles. The van der Waals surface area contributed by atoms with Crippen LogP contribution in [0, 0.1) is 40.9 Å². The Hall–Kier alpha value is -0.680. The molecule has 164 valence electrons. The number of allylic oxidation sites excluding steroid dienone is 4. The van der Waals surface area contributed by atoms with Crippen LogP contribution in [0.15, 0.2) is 23.3 Å². The van der Waals surface area contributed by atoms with Crippen molar-refractivity contribution in [1.29, 1.82) is 0 Å². The van der Waals surface area contributed by atoms with Gasteiger partial charge in [-0.3, -0.25) is 0 Å². The predicted molar refractivity (Wildman–Crippen MR) is 114 cm³/mol. The summed E-state index contributed by atoms with van der Waals surface area (Å²) in [5.41, 5.74) is 2.82. The van der Waals surface area contributed by atoms with Gasteiger partial charge < -0.3 is 18.9 Å². The van der Waals surface area contributed by atoms with Crippen molar-refractivity contribution >= 4 is 0 Å². The summed E-state index contributed by atoms with van der Waals surface area (Å²) >= 11 is 0. The highest BCUT2D eigenvalue weighted by Crippen LogP contribution is 2.43. The van der Waals surface area contributed by atoms with E-state index in [0.29, 0.717) is 61.9 Å². The highest BCUT2D eigenvalue weighted by Gasteiger charge is 2.47. The van der Waals surface area contributed by atoms with Gasteiger partial charge in [0.15, 0.2) is 12.6 Å². The summed E-state index contributed by atoms with van der Waals surface area (Å²) in [5.74, 6) is 3.01. The Morgan fingerprint density at radius 1 is 0.655 bits per heavy atom. The van der Waals surface area contributed by atoms with Crippen LogP contribution in [-0.4, -0.2) is 39.0 Å². The van der Waals surface area contributed by atoms with Crippen LogP contribution in [0.2, 0.25) is 0 Å². The molecular formula is C25H40O4. The Kier molecular flexibility index (Phi) is 6.28. The molecule has 2 saturated heterocycles. The Morgan fingerprint density at radius 3 is 1.31 bits per heavy atom. The van der Waals surface area contributed by atoms with Gasteiger partial charge in [0.05, 0.1) is 31.8 Å². The van der Waals surface area contributed by atoms with Gasteiger partial charge in [-0.05, 0) is 50.4 Å². The molecule has 2 aliphatic heterocycles. The minimum Gasteiger partial charge on any atom is -0.351 e. The monoisotopic (exact) mass is 404 g/mol. The topological polar surface area (TPSA) is 36.9 Å². The zero-order chi connectivity index (χ0) is 20.8. The minimum atomic E-state index is -0.160. The van der Waals surface area contributed by atoms with Gasteiger partial charge in [0.2, 0.25) is 0 Å². The SMILES string of the molecule is CC1=CC(C)C(C2OCC3(CO2)COC(C2C(C)C=C(C)CC2C)OC3)C(C)C1. The third-order valence-corrected chi connectivity index (χ3v) is 7.75. The van der Waals surface area contributed by atoms with E-state index in [1.165, 1.54) is 11.1 Å². The zero-order valence-electron chi connectivity index (χ0n) is 19.1. The highest BCUT2D eigenvalue weighted by molar-refractivity contribution is 5.10. The predicted octanol–water partition coefficient (Wildman–Crippen LogP) is 5.20. The van der Waals surface area contributed by atoms with E-state index in [1.54, 1.807) is 0 Å². The molecule has 0 bridgehead atoms. The molecular weight excluding hydrogens is 364 g/mol. The van der Waals surface area contributed by atoms with Crippen LogP contribution in [0.3, 0.4) is 0 Å². The molecule has 0 aromatic carbocycles. The average molecular weight is 405 g/mol. The van der Waals surface area contributed by atoms with E-state index in [4.69, 9.17) is 18.9 Å². The first-order valence-electron chi connectivity index (χ1n) is 11.6. The lowest BCUT2D eigenvalue weighted by Crippen LogP contribution is -2.56. The molecule has 0 aromatic rings. The Morgan fingerprint density at radius 2 is 1.00 bits per heavy atom. The van der Waals surface area contributed by atoms with Gasteiger partial charge in [0.1, 0.15) is 0 Å². The van der Waals surface area contributed by atoms with Crippen molar-refractivity contribution < 1.29 is 18.9 Å². The maximum absolute atomic E-state index is 6.30. The summed E-state index contributed by atoms with van der Waals surface area (Å²) in [6.07, 6.45) is 6.84. The second kappa shape index (κ2) is 8.45. The highest BCUT2D eigenvalue weighted by atomic mass is 16.7. The molecule has 4 rings (SSSR count). The summed E-state index contributed by atoms with van der Waals surface area (Å²) < 4.78 is 25.2. The van der Waals surface area contributed by atoms with Crippen LogP contribution in [0.4, 0.5) is 0 Å². The average Bonchev–Trinajstić information content (AvgIpc) is 2.63. The molecule has 6 atom stereocenters. The van der Waals surface area contributed by atoms with Gasteiger partial charge in [-0.1, -0.05) is 51.0 Å². The molecule has 6 unspecified atom stereocenters. The molecule has 4 nitrogen and oxygen atoms in total. The van der Waals surface area contributed by atoms with Crippen molar-refractivity contribution in [3.8, 4) is 0 Å². The first kappa shape index (κ1) is 21.5. The molecule has 2 fully saturated rings. The molecule has 0 N–H and O–H groups in total. The molecule has 4 aliphatic rings. The number of ether oxygens (including phenoxy) is 4. The molecule has 1 spiro atoms. The van der Waals surface area contributed by atoms with Crippen molar-refractivity contribution in [2.24, 2.45) is 40.9 Å². The number of hydrogen-bond donors (Lipinski definition) is 0. The first-order valence-corrected chi connectivity index (χ1v) is 11.6. The summed E-state index contributed by atoms with van der Waals surface area (Å²) in [6.45, 7) is 16.4. The fourth-order valence-electron chi connectivity index (χ4n) is 6.44. The van der Waals surface area contributed by atoms with Crippen LogP contribution >= 0.6 is 0 Å². The first-order chi connectivity index (χ1) is 13.8. The Balaban J connectivity index is 1.33. The van der Waals surface area contributed by atoms with E-state index in [1.807, 2.05) is 0 Å². The zero-order valence-corrected chi connectivity index (χ0v) is 19.1. The maximum atomic E-state index is 6.30. The Bertz CT molecular complexity index is 578. The number of rotatable bonds is 2. The molecule has 2 heterocycles. The maximum Gasteiger partial charge on any atom is 0.161 e. The van der Waals surface area contributed by atoms with Crippen LogP contribution in [0.1, 0.15) is 54.4 Å². The van der Waals surface area contributed by atoms with E-state index < -0.39 is 0 Å². The molecule has 0 radical (unpaired) electrons. The van der Waals surface area contributed by atoms with Crippen LogP contribution in [0.25, 0.3) is 0 Å². The molecule has 0 amide bonds. The second-order valence-electron chi connectivity index (χ2n) is 10.7. The molecule has 29 heavy (non-hydrogen) atoms. The van der Waals surface area contributed by atoms with Crippen LogP contribution < -0.4 is 0 Å². The quantitative estimate of drug-likeness (QED) is 0.593. The molecule has 0 aromatic heterocycles. The van der Waals surface area contributed by atoms with Gasteiger partial charge in [-0.25, -0.2) is 0 Å². The summed E-state index contributed by atoms with van der Waals surface area (Å²) in [4.78, 5) is 0. The van der Waals surface area contributed by atoms with Crippen LogP contribution in [-0.2, 0) is 18.9 Å². The van der Waals surface area contributed by atoms with Gasteiger partial charge in [0.25, 0.3) is 0 Å². The Labute approximate surface area is 177 Å². The summed E-state index contributed by atoms with van der Waals surface area (Å²) in [5, 5.41) is 0. The normalized spacial score (nSPS) is 48.9. The second-order valence-corrected chi connectivity index (χ2v) is 10.7. The van der Waals surface area contributed by atoms with E-state index in [-0.39, 0.29) is 18.0 Å². The van der Waals surface area contributed by atoms with Crippen LogP contribution in [0.5, 0.6) is 0 Å². The third kappa shape index (κ3) is 4.37. The van der Waals surface area contributed by atoms with E-state index in [9.17, 15) is 0 Å². The van der Waals surface area contributed by atoms with E-state index in [0.717, 1.165) is 12.8 Å². The van der Waals surface area contributed by atoms with E-state index >= 15 is 0 Å². The van der Waals surface area contributed by atoms with E-state index in [2.05, 4.69) is 53.7 Å². The third-order valence-electron chi connectivity index (χ3n) is 7.75. The largest absolute Gasteiger partial charge is 0.351 e. The van der Waals surface area contributed by atoms with Crippen molar-refractivity contribution in [2.45, 2.75) is 67.0 Å². The van der Waals surface area contributed by atoms with Gasteiger partial charge in [-0.2, -0.15) is 0 Å². The van der Waals surface area contributed by atoms with Crippen molar-refractivity contribution in [2.75, 3.05) is 26.4 Å². The number of hydrogen-bond acceptors (Lipinski definition) is 4. The van der Waals surface area contributed by atoms with Crippen molar-refractivity contribution in [3.05, 3.63) is 23.3 Å².